The molecule has 3 nitrogen and oxygen atoms in total. The minimum atomic E-state index is -0.203. The average Bonchev–Trinajstić information content (AvgIpc) is 2.34. The highest BCUT2D eigenvalue weighted by molar-refractivity contribution is 5.66. The Morgan fingerprint density at radius 2 is 2.17 bits per heavy atom. The van der Waals surface area contributed by atoms with Crippen molar-refractivity contribution in [3.8, 4) is 0 Å². The number of aliphatic hydroxyl groups excluding tert-OH is 1. The second kappa shape index (κ2) is 1.84. The molecule has 0 amide bonds. The van der Waals surface area contributed by atoms with Crippen LogP contribution in [-0.4, -0.2) is 23.3 Å². The highest BCUT2D eigenvalue weighted by atomic mass is 16.5. The van der Waals surface area contributed by atoms with E-state index < -0.39 is 0 Å². The van der Waals surface area contributed by atoms with Crippen LogP contribution in [0.3, 0.4) is 0 Å². The summed E-state index contributed by atoms with van der Waals surface area (Å²) in [4.78, 5) is 10.7. The lowest BCUT2D eigenvalue weighted by molar-refractivity contribution is -0.148. The lowest BCUT2D eigenvalue weighted by Gasteiger charge is -2.16. The van der Waals surface area contributed by atoms with Gasteiger partial charge in [-0.2, -0.15) is 0 Å². The van der Waals surface area contributed by atoms with Crippen molar-refractivity contribution in [1.29, 1.82) is 0 Å². The molecule has 4 saturated carbocycles. The van der Waals surface area contributed by atoms with Crippen LogP contribution in [0.5, 0.6) is 0 Å². The molecule has 0 spiro atoms. The Morgan fingerprint density at radius 1 is 1.42 bits per heavy atom. The van der Waals surface area contributed by atoms with Crippen molar-refractivity contribution >= 4 is 5.97 Å². The van der Waals surface area contributed by atoms with E-state index in [0.717, 1.165) is 6.42 Å². The summed E-state index contributed by atoms with van der Waals surface area (Å²) in [6, 6.07) is 0. The number of hydrogen-bond donors (Lipinski definition) is 1. The van der Waals surface area contributed by atoms with Crippen LogP contribution in [0.15, 0.2) is 0 Å². The zero-order valence-electron chi connectivity index (χ0n) is 6.93. The van der Waals surface area contributed by atoms with Crippen molar-refractivity contribution in [2.24, 2.45) is 23.7 Å². The molecule has 0 aromatic carbocycles. The largest absolute Gasteiger partial charge is 0.462 e. The van der Waals surface area contributed by atoms with Gasteiger partial charge in [-0.05, 0) is 18.3 Å². The molecular formula is C9H12O3. The average molecular weight is 168 g/mol. The summed E-state index contributed by atoms with van der Waals surface area (Å²) in [7, 11) is 0. The molecule has 0 aliphatic heterocycles. The quantitative estimate of drug-likeness (QED) is 0.568. The van der Waals surface area contributed by atoms with Crippen LogP contribution in [-0.2, 0) is 9.53 Å². The van der Waals surface area contributed by atoms with E-state index in [1.165, 1.54) is 6.92 Å². The summed E-state index contributed by atoms with van der Waals surface area (Å²) in [6.07, 6.45) is 0.950. The monoisotopic (exact) mass is 168 g/mol. The van der Waals surface area contributed by atoms with Crippen molar-refractivity contribution < 1.29 is 14.6 Å². The third kappa shape index (κ3) is 0.600. The SMILES string of the molecule is CC(=O)OC1C2CC3C(C2O)C31. The third-order valence-corrected chi connectivity index (χ3v) is 3.77. The van der Waals surface area contributed by atoms with Crippen molar-refractivity contribution in [2.75, 3.05) is 0 Å². The predicted molar refractivity (Wildman–Crippen MR) is 40.1 cm³/mol. The van der Waals surface area contributed by atoms with Crippen LogP contribution in [0.25, 0.3) is 0 Å². The predicted octanol–water partition coefficient (Wildman–Crippen LogP) is 0.175. The molecule has 4 aliphatic rings. The topological polar surface area (TPSA) is 46.5 Å². The number of esters is 1. The fourth-order valence-corrected chi connectivity index (χ4v) is 3.40. The number of rotatable bonds is 1. The molecule has 1 N–H and O–H groups in total. The van der Waals surface area contributed by atoms with E-state index in [0.29, 0.717) is 17.8 Å². The first-order chi connectivity index (χ1) is 5.70. The second-order valence-electron chi connectivity index (χ2n) is 4.28. The molecule has 4 rings (SSSR count). The summed E-state index contributed by atoms with van der Waals surface area (Å²) in [6.45, 7) is 1.44. The summed E-state index contributed by atoms with van der Waals surface area (Å²) >= 11 is 0. The summed E-state index contributed by atoms with van der Waals surface area (Å²) < 4.78 is 5.19. The minimum Gasteiger partial charge on any atom is -0.462 e. The molecule has 0 heterocycles. The van der Waals surface area contributed by atoms with E-state index in [-0.39, 0.29) is 24.1 Å². The fraction of sp³-hybridized carbons (Fsp3) is 0.889. The number of hydrogen-bond acceptors (Lipinski definition) is 3. The zero-order valence-corrected chi connectivity index (χ0v) is 6.93. The van der Waals surface area contributed by atoms with E-state index in [1.54, 1.807) is 0 Å². The van der Waals surface area contributed by atoms with Gasteiger partial charge in [-0.15, -0.1) is 0 Å². The van der Waals surface area contributed by atoms with Crippen molar-refractivity contribution in [3.05, 3.63) is 0 Å². The Kier molecular flexibility index (Phi) is 1.06. The smallest absolute Gasteiger partial charge is 0.302 e. The Hall–Kier alpha value is -0.570. The Balaban J connectivity index is 1.80. The van der Waals surface area contributed by atoms with Crippen LogP contribution >= 0.6 is 0 Å². The van der Waals surface area contributed by atoms with E-state index in [1.807, 2.05) is 0 Å². The minimum absolute atomic E-state index is 0.0486. The van der Waals surface area contributed by atoms with Gasteiger partial charge in [0.05, 0.1) is 6.10 Å². The van der Waals surface area contributed by atoms with Gasteiger partial charge in [-0.1, -0.05) is 0 Å². The maximum atomic E-state index is 10.7. The van der Waals surface area contributed by atoms with Gasteiger partial charge in [0.1, 0.15) is 6.10 Å². The maximum absolute atomic E-state index is 10.7. The van der Waals surface area contributed by atoms with Gasteiger partial charge in [0.25, 0.3) is 0 Å². The molecule has 4 bridgehead atoms. The van der Waals surface area contributed by atoms with Crippen LogP contribution in [0.1, 0.15) is 13.3 Å². The highest BCUT2D eigenvalue weighted by Crippen LogP contribution is 2.71. The number of carbonyl (C=O) groups is 1. The van der Waals surface area contributed by atoms with Gasteiger partial charge in [-0.3, -0.25) is 4.79 Å². The molecule has 0 radical (unpaired) electrons. The van der Waals surface area contributed by atoms with Crippen LogP contribution in [0, 0.1) is 23.7 Å². The second-order valence-corrected chi connectivity index (χ2v) is 4.28. The first-order valence-corrected chi connectivity index (χ1v) is 4.55. The molecule has 4 aliphatic carbocycles. The molecule has 12 heavy (non-hydrogen) atoms. The maximum Gasteiger partial charge on any atom is 0.302 e. The van der Waals surface area contributed by atoms with Crippen LogP contribution in [0.2, 0.25) is 0 Å². The number of ether oxygens (including phenoxy) is 1. The van der Waals surface area contributed by atoms with Gasteiger partial charge in [0.2, 0.25) is 0 Å². The molecule has 0 aromatic rings. The lowest BCUT2D eigenvalue weighted by atomic mass is 10.1. The molecule has 66 valence electrons. The van der Waals surface area contributed by atoms with Gasteiger partial charge in [0, 0.05) is 18.8 Å². The molecule has 4 fully saturated rings. The zero-order chi connectivity index (χ0) is 8.46. The van der Waals surface area contributed by atoms with Crippen molar-refractivity contribution in [2.45, 2.75) is 25.6 Å². The van der Waals surface area contributed by atoms with Gasteiger partial charge in [-0.25, -0.2) is 0 Å². The van der Waals surface area contributed by atoms with Crippen molar-refractivity contribution in [3.63, 3.8) is 0 Å². The summed E-state index contributed by atoms with van der Waals surface area (Å²) in [5.74, 6) is 1.71. The van der Waals surface area contributed by atoms with Gasteiger partial charge in [0.15, 0.2) is 0 Å². The van der Waals surface area contributed by atoms with E-state index >= 15 is 0 Å². The summed E-state index contributed by atoms with van der Waals surface area (Å²) in [5, 5.41) is 9.64. The molecule has 0 aromatic heterocycles. The Bertz CT molecular complexity index is 250. The first-order valence-electron chi connectivity index (χ1n) is 4.55. The normalized spacial score (nSPS) is 58.8. The van der Waals surface area contributed by atoms with E-state index in [9.17, 15) is 9.90 Å². The lowest BCUT2D eigenvalue weighted by Crippen LogP contribution is -2.24. The van der Waals surface area contributed by atoms with Gasteiger partial charge >= 0.3 is 5.97 Å². The van der Waals surface area contributed by atoms with Crippen molar-refractivity contribution in [1.82, 2.24) is 0 Å². The molecule has 6 unspecified atom stereocenters. The summed E-state index contributed by atoms with van der Waals surface area (Å²) in [5.41, 5.74) is 0. The molecule has 0 saturated heterocycles. The van der Waals surface area contributed by atoms with Crippen LogP contribution < -0.4 is 0 Å². The van der Waals surface area contributed by atoms with E-state index in [4.69, 9.17) is 4.74 Å². The standard InChI is InChI=1S/C9H12O3/c1-3(10)12-9-5-2-4-6(7(4)9)8(5)11/h4-9,11H,2H2,1H3. The molecule has 3 heteroatoms. The molecular weight excluding hydrogens is 156 g/mol. The third-order valence-electron chi connectivity index (χ3n) is 3.77. The van der Waals surface area contributed by atoms with Crippen LogP contribution in [0.4, 0.5) is 0 Å². The fourth-order valence-electron chi connectivity index (χ4n) is 3.40. The number of aliphatic hydroxyl groups is 1. The highest BCUT2D eigenvalue weighted by Gasteiger charge is 2.74. The van der Waals surface area contributed by atoms with Gasteiger partial charge < -0.3 is 9.84 Å². The first kappa shape index (κ1) is 6.89. The Labute approximate surface area is 70.7 Å². The molecule has 6 atom stereocenters. The van der Waals surface area contributed by atoms with E-state index in [2.05, 4.69) is 0 Å². The number of carbonyl (C=O) groups excluding carboxylic acids is 1. The Morgan fingerprint density at radius 3 is 2.50 bits per heavy atom.